The monoisotopic (exact) mass is 362 g/mol. The lowest BCUT2D eigenvalue weighted by molar-refractivity contribution is -0.115. The number of anilines is 1. The van der Waals surface area contributed by atoms with E-state index in [9.17, 15) is 4.79 Å². The molecule has 0 radical (unpaired) electrons. The third-order valence-corrected chi connectivity index (χ3v) is 5.42. The summed E-state index contributed by atoms with van der Waals surface area (Å²) in [7, 11) is 0. The Kier molecular flexibility index (Phi) is 5.71. The molecule has 0 aliphatic carbocycles. The molecule has 2 aromatic heterocycles. The van der Waals surface area contributed by atoms with Crippen molar-refractivity contribution < 1.29 is 9.53 Å². The normalized spacial score (nSPS) is 16.2. The van der Waals surface area contributed by atoms with Gasteiger partial charge in [0, 0.05) is 24.5 Å². The minimum atomic E-state index is -0.114. The fraction of sp³-hybridized carbons (Fsp3) is 0.312. The van der Waals surface area contributed by atoms with Gasteiger partial charge < -0.3 is 15.4 Å². The molecule has 1 amide bonds. The van der Waals surface area contributed by atoms with Crippen LogP contribution < -0.4 is 10.6 Å². The smallest absolute Gasteiger partial charge is 0.232 e. The maximum Gasteiger partial charge on any atom is 0.232 e. The lowest BCUT2D eigenvalue weighted by Crippen LogP contribution is -2.23. The predicted molar refractivity (Wildman–Crippen MR) is 95.8 cm³/mol. The van der Waals surface area contributed by atoms with Crippen LogP contribution in [0.25, 0.3) is 0 Å². The van der Waals surface area contributed by atoms with E-state index in [0.29, 0.717) is 5.13 Å². The second-order valence-electron chi connectivity index (χ2n) is 5.08. The van der Waals surface area contributed by atoms with Crippen molar-refractivity contribution in [3.05, 3.63) is 48.2 Å². The summed E-state index contributed by atoms with van der Waals surface area (Å²) in [5.41, 5.74) is 0.741. The highest BCUT2D eigenvalue weighted by Crippen LogP contribution is 2.29. The third kappa shape index (κ3) is 4.72. The fourth-order valence-electron chi connectivity index (χ4n) is 2.08. The number of ether oxygens (including phenoxy) is 1. The standard InChI is InChI=1S/C16H18N4O2S2/c1-2-12-8-18-14(22-12)10-23-15-9-19-16(24-15)20-13(21)7-11-5-3-4-6-17-11/h3-6,8-9,14,18H,2,7,10H2,1H3,(H,19,20,21). The van der Waals surface area contributed by atoms with Gasteiger partial charge in [-0.15, -0.1) is 11.8 Å². The van der Waals surface area contributed by atoms with E-state index < -0.39 is 0 Å². The van der Waals surface area contributed by atoms with Gasteiger partial charge in [0.2, 0.25) is 5.91 Å². The average molecular weight is 362 g/mol. The van der Waals surface area contributed by atoms with Gasteiger partial charge in [-0.2, -0.15) is 0 Å². The average Bonchev–Trinajstić information content (AvgIpc) is 3.22. The Bertz CT molecular complexity index is 718. The molecule has 126 valence electrons. The van der Waals surface area contributed by atoms with Crippen molar-refractivity contribution in [1.29, 1.82) is 0 Å². The van der Waals surface area contributed by atoms with Gasteiger partial charge in [0.1, 0.15) is 5.76 Å². The van der Waals surface area contributed by atoms with Crippen LogP contribution in [-0.2, 0) is 16.0 Å². The van der Waals surface area contributed by atoms with Gasteiger partial charge in [-0.05, 0) is 12.1 Å². The van der Waals surface area contributed by atoms with E-state index in [2.05, 4.69) is 27.5 Å². The molecule has 8 heteroatoms. The molecule has 1 aliphatic rings. The highest BCUT2D eigenvalue weighted by Gasteiger charge is 2.17. The minimum Gasteiger partial charge on any atom is -0.473 e. The zero-order valence-corrected chi connectivity index (χ0v) is 14.8. The highest BCUT2D eigenvalue weighted by molar-refractivity contribution is 8.01. The molecule has 0 saturated carbocycles. The van der Waals surface area contributed by atoms with E-state index in [0.717, 1.165) is 27.8 Å². The number of rotatable bonds is 7. The molecule has 3 heterocycles. The number of allylic oxidation sites excluding steroid dienone is 1. The van der Waals surface area contributed by atoms with Gasteiger partial charge in [0.15, 0.2) is 11.4 Å². The van der Waals surface area contributed by atoms with Crippen molar-refractivity contribution in [2.75, 3.05) is 11.1 Å². The van der Waals surface area contributed by atoms with Crippen LogP contribution in [0.5, 0.6) is 0 Å². The first-order valence-electron chi connectivity index (χ1n) is 7.63. The fourth-order valence-corrected chi connectivity index (χ4v) is 3.93. The Labute approximate surface area is 148 Å². The summed E-state index contributed by atoms with van der Waals surface area (Å²) in [5, 5.41) is 6.61. The molecule has 0 aromatic carbocycles. The molecule has 24 heavy (non-hydrogen) atoms. The number of carbonyl (C=O) groups excluding carboxylic acids is 1. The maximum atomic E-state index is 12.0. The number of hydrogen-bond acceptors (Lipinski definition) is 7. The molecule has 2 N–H and O–H groups in total. The first-order chi connectivity index (χ1) is 11.7. The van der Waals surface area contributed by atoms with Gasteiger partial charge in [-0.25, -0.2) is 4.98 Å². The van der Waals surface area contributed by atoms with Crippen molar-refractivity contribution in [1.82, 2.24) is 15.3 Å². The number of amides is 1. The quantitative estimate of drug-likeness (QED) is 0.738. The van der Waals surface area contributed by atoms with E-state index in [4.69, 9.17) is 4.74 Å². The number of thiazole rings is 1. The predicted octanol–water partition coefficient (Wildman–Crippen LogP) is 3.01. The summed E-state index contributed by atoms with van der Waals surface area (Å²) in [5.74, 6) is 1.65. The number of pyridine rings is 1. The van der Waals surface area contributed by atoms with Crippen LogP contribution in [0.4, 0.5) is 5.13 Å². The summed E-state index contributed by atoms with van der Waals surface area (Å²) >= 11 is 3.11. The lowest BCUT2D eigenvalue weighted by atomic mass is 10.2. The summed E-state index contributed by atoms with van der Waals surface area (Å²) < 4.78 is 6.75. The van der Waals surface area contributed by atoms with Crippen molar-refractivity contribution in [3.8, 4) is 0 Å². The zero-order valence-electron chi connectivity index (χ0n) is 13.2. The van der Waals surface area contributed by atoms with Crippen LogP contribution in [0.15, 0.2) is 46.8 Å². The minimum absolute atomic E-state index is 0.00533. The van der Waals surface area contributed by atoms with Crippen LogP contribution in [0.3, 0.4) is 0 Å². The van der Waals surface area contributed by atoms with E-state index >= 15 is 0 Å². The van der Waals surface area contributed by atoms with E-state index in [-0.39, 0.29) is 18.6 Å². The highest BCUT2D eigenvalue weighted by atomic mass is 32.2. The largest absolute Gasteiger partial charge is 0.473 e. The summed E-state index contributed by atoms with van der Waals surface area (Å²) in [6.45, 7) is 2.06. The van der Waals surface area contributed by atoms with Crippen LogP contribution >= 0.6 is 23.1 Å². The Morgan fingerprint density at radius 2 is 2.38 bits per heavy atom. The van der Waals surface area contributed by atoms with E-state index in [1.165, 1.54) is 11.3 Å². The van der Waals surface area contributed by atoms with Gasteiger partial charge in [0.25, 0.3) is 0 Å². The third-order valence-electron chi connectivity index (χ3n) is 3.25. The van der Waals surface area contributed by atoms with Crippen molar-refractivity contribution in [2.45, 2.75) is 30.2 Å². The second kappa shape index (κ2) is 8.16. The Hall–Kier alpha value is -2.06. The van der Waals surface area contributed by atoms with Crippen LogP contribution in [0.2, 0.25) is 0 Å². The summed E-state index contributed by atoms with van der Waals surface area (Å²) in [4.78, 5) is 20.4. The molecular weight excluding hydrogens is 344 g/mol. The van der Waals surface area contributed by atoms with Crippen LogP contribution in [0.1, 0.15) is 19.0 Å². The topological polar surface area (TPSA) is 76.1 Å². The Balaban J connectivity index is 1.44. The lowest BCUT2D eigenvalue weighted by Gasteiger charge is -2.11. The summed E-state index contributed by atoms with van der Waals surface area (Å²) in [6.07, 6.45) is 6.50. The first kappa shape index (κ1) is 16.8. The van der Waals surface area contributed by atoms with Crippen molar-refractivity contribution in [2.24, 2.45) is 0 Å². The molecular formula is C16H18N4O2S2. The van der Waals surface area contributed by atoms with E-state index in [1.54, 1.807) is 24.2 Å². The van der Waals surface area contributed by atoms with Crippen molar-refractivity contribution >= 4 is 34.1 Å². The number of thioether (sulfide) groups is 1. The number of carbonyl (C=O) groups is 1. The molecule has 6 nitrogen and oxygen atoms in total. The van der Waals surface area contributed by atoms with Gasteiger partial charge >= 0.3 is 0 Å². The summed E-state index contributed by atoms with van der Waals surface area (Å²) in [6, 6.07) is 5.52. The molecule has 0 spiro atoms. The number of nitrogens with zero attached hydrogens (tertiary/aromatic N) is 2. The maximum absolute atomic E-state index is 12.0. The van der Waals surface area contributed by atoms with Gasteiger partial charge in [0.05, 0.1) is 22.6 Å². The number of hydrogen-bond donors (Lipinski definition) is 2. The Morgan fingerprint density at radius 1 is 1.46 bits per heavy atom. The first-order valence-corrected chi connectivity index (χ1v) is 9.43. The molecule has 3 rings (SSSR count). The molecule has 0 fully saturated rings. The second-order valence-corrected chi connectivity index (χ2v) is 7.43. The molecule has 1 unspecified atom stereocenters. The van der Waals surface area contributed by atoms with Crippen LogP contribution in [-0.4, -0.2) is 27.9 Å². The number of nitrogens with one attached hydrogen (secondary N) is 2. The molecule has 2 aromatic rings. The molecule has 1 atom stereocenters. The van der Waals surface area contributed by atoms with Gasteiger partial charge in [-0.1, -0.05) is 24.3 Å². The SMILES string of the molecule is CCC1=CNC(CSc2cnc(NC(=O)Cc3ccccn3)s2)O1. The number of aromatic nitrogens is 2. The van der Waals surface area contributed by atoms with Crippen molar-refractivity contribution in [3.63, 3.8) is 0 Å². The van der Waals surface area contributed by atoms with Gasteiger partial charge in [-0.3, -0.25) is 9.78 Å². The molecule has 1 aliphatic heterocycles. The van der Waals surface area contributed by atoms with Crippen LogP contribution in [0, 0.1) is 0 Å². The molecule has 0 saturated heterocycles. The zero-order chi connectivity index (χ0) is 16.8. The molecule has 0 bridgehead atoms. The van der Waals surface area contributed by atoms with E-state index in [1.807, 2.05) is 24.4 Å². The Morgan fingerprint density at radius 3 is 3.12 bits per heavy atom.